The van der Waals surface area contributed by atoms with Gasteiger partial charge in [0.05, 0.1) is 34.6 Å². The van der Waals surface area contributed by atoms with Crippen LogP contribution in [0.4, 0.5) is 5.69 Å². The fraction of sp³-hybridized carbons (Fsp3) is 0.111. The molecule has 0 aliphatic carbocycles. The smallest absolute Gasteiger partial charge is 0.299 e. The van der Waals surface area contributed by atoms with Gasteiger partial charge >= 0.3 is 0 Å². The number of nitro benzene ring substituents is 1. The van der Waals surface area contributed by atoms with Crippen molar-refractivity contribution in [2.45, 2.75) is 6.54 Å². The second-order valence-corrected chi connectivity index (χ2v) is 6.61. The van der Waals surface area contributed by atoms with Crippen LogP contribution in [0, 0.1) is 10.1 Å². The van der Waals surface area contributed by atoms with E-state index in [1.165, 1.54) is 12.1 Å². The molecule has 28 heavy (non-hydrogen) atoms. The predicted octanol–water partition coefficient (Wildman–Crippen LogP) is 2.93. The maximum absolute atomic E-state index is 12.5. The maximum atomic E-state index is 12.5. The highest BCUT2D eigenvalue weighted by molar-refractivity contribution is 7.00. The zero-order chi connectivity index (χ0) is 19.7. The van der Waals surface area contributed by atoms with Crippen molar-refractivity contribution in [2.24, 2.45) is 7.05 Å². The Morgan fingerprint density at radius 3 is 2.75 bits per heavy atom. The van der Waals surface area contributed by atoms with Crippen LogP contribution in [0.15, 0.2) is 48.5 Å². The number of aryl methyl sites for hydroxylation is 1. The third-order valence-electron chi connectivity index (χ3n) is 4.28. The van der Waals surface area contributed by atoms with Crippen LogP contribution in [0.3, 0.4) is 0 Å². The summed E-state index contributed by atoms with van der Waals surface area (Å²) in [5.74, 6) is -0.430. The van der Waals surface area contributed by atoms with Crippen molar-refractivity contribution < 1.29 is 9.72 Å². The van der Waals surface area contributed by atoms with Crippen molar-refractivity contribution in [3.05, 3.63) is 69.9 Å². The van der Waals surface area contributed by atoms with Crippen molar-refractivity contribution >= 4 is 34.4 Å². The SMILES string of the molecule is Cn1nc(-c2ccccc2)cc1CNC(=O)c1cc([N+](=O)[O-])c2nsnc2c1. The van der Waals surface area contributed by atoms with E-state index >= 15 is 0 Å². The summed E-state index contributed by atoms with van der Waals surface area (Å²) in [6, 6.07) is 14.3. The Labute approximate surface area is 163 Å². The third kappa shape index (κ3) is 3.32. The molecule has 2 aromatic carbocycles. The molecule has 0 fully saturated rings. The zero-order valence-corrected chi connectivity index (χ0v) is 15.5. The van der Waals surface area contributed by atoms with E-state index in [2.05, 4.69) is 19.2 Å². The summed E-state index contributed by atoms with van der Waals surface area (Å²) in [7, 11) is 1.80. The number of aromatic nitrogens is 4. The first kappa shape index (κ1) is 17.7. The quantitative estimate of drug-likeness (QED) is 0.411. The number of carbonyl (C=O) groups excluding carboxylic acids is 1. The Balaban J connectivity index is 1.55. The highest BCUT2D eigenvalue weighted by atomic mass is 32.1. The second-order valence-electron chi connectivity index (χ2n) is 6.08. The standard InChI is InChI=1S/C18H14N6O3S/c1-23-13(9-14(20-23)11-5-3-2-4-6-11)10-19-18(25)12-7-15-17(22-28-21-15)16(8-12)24(26)27/h2-9H,10H2,1H3,(H,19,25). The van der Waals surface area contributed by atoms with Crippen molar-refractivity contribution in [3.8, 4) is 11.3 Å². The van der Waals surface area contributed by atoms with E-state index in [0.717, 1.165) is 28.7 Å². The van der Waals surface area contributed by atoms with Crippen LogP contribution in [0.5, 0.6) is 0 Å². The molecule has 9 nitrogen and oxygen atoms in total. The van der Waals surface area contributed by atoms with E-state index in [-0.39, 0.29) is 23.3 Å². The van der Waals surface area contributed by atoms with E-state index in [9.17, 15) is 14.9 Å². The summed E-state index contributed by atoms with van der Waals surface area (Å²) in [4.78, 5) is 23.2. The Kier molecular flexibility index (Phi) is 4.53. The molecule has 1 amide bonds. The Bertz CT molecular complexity index is 1180. The highest BCUT2D eigenvalue weighted by Crippen LogP contribution is 2.26. The van der Waals surface area contributed by atoms with E-state index in [1.807, 2.05) is 36.4 Å². The molecule has 140 valence electrons. The van der Waals surface area contributed by atoms with Gasteiger partial charge < -0.3 is 5.32 Å². The number of rotatable bonds is 5. The van der Waals surface area contributed by atoms with Crippen LogP contribution >= 0.6 is 11.7 Å². The lowest BCUT2D eigenvalue weighted by molar-refractivity contribution is -0.383. The Morgan fingerprint density at radius 2 is 2.00 bits per heavy atom. The number of hydrogen-bond acceptors (Lipinski definition) is 7. The summed E-state index contributed by atoms with van der Waals surface area (Å²) >= 11 is 0.870. The van der Waals surface area contributed by atoms with Crippen LogP contribution in [-0.2, 0) is 13.6 Å². The van der Waals surface area contributed by atoms with E-state index in [0.29, 0.717) is 5.52 Å². The van der Waals surface area contributed by atoms with Crippen LogP contribution in [0.2, 0.25) is 0 Å². The van der Waals surface area contributed by atoms with Gasteiger partial charge in [0.1, 0.15) is 5.52 Å². The normalized spacial score (nSPS) is 10.9. The van der Waals surface area contributed by atoms with Crippen molar-refractivity contribution in [1.29, 1.82) is 0 Å². The molecule has 0 unspecified atom stereocenters. The van der Waals surface area contributed by atoms with Gasteiger partial charge in [0.15, 0.2) is 5.52 Å². The molecule has 0 bridgehead atoms. The summed E-state index contributed by atoms with van der Waals surface area (Å²) < 4.78 is 9.62. The van der Waals surface area contributed by atoms with Gasteiger partial charge in [-0.3, -0.25) is 19.6 Å². The number of nitrogens with one attached hydrogen (secondary N) is 1. The topological polar surface area (TPSA) is 116 Å². The number of nitro groups is 1. The Morgan fingerprint density at radius 1 is 1.21 bits per heavy atom. The first-order chi connectivity index (χ1) is 13.5. The number of non-ortho nitro benzene ring substituents is 1. The third-order valence-corrected chi connectivity index (χ3v) is 4.82. The van der Waals surface area contributed by atoms with Crippen molar-refractivity contribution in [2.75, 3.05) is 0 Å². The van der Waals surface area contributed by atoms with Crippen LogP contribution in [0.25, 0.3) is 22.3 Å². The number of amides is 1. The summed E-state index contributed by atoms with van der Waals surface area (Å²) in [6.07, 6.45) is 0. The predicted molar refractivity (Wildman–Crippen MR) is 104 cm³/mol. The molecule has 0 saturated carbocycles. The molecule has 0 radical (unpaired) electrons. The molecule has 10 heteroatoms. The lowest BCUT2D eigenvalue weighted by atomic mass is 10.1. The first-order valence-electron chi connectivity index (χ1n) is 8.30. The summed E-state index contributed by atoms with van der Waals surface area (Å²) in [6.45, 7) is 0.232. The van der Waals surface area contributed by atoms with E-state index < -0.39 is 10.8 Å². The van der Waals surface area contributed by atoms with Crippen molar-refractivity contribution in [3.63, 3.8) is 0 Å². The molecule has 4 rings (SSSR count). The first-order valence-corrected chi connectivity index (χ1v) is 9.03. The molecule has 2 heterocycles. The maximum Gasteiger partial charge on any atom is 0.299 e. The molecule has 0 saturated heterocycles. The molecule has 1 N–H and O–H groups in total. The monoisotopic (exact) mass is 394 g/mol. The minimum atomic E-state index is -0.562. The van der Waals surface area contributed by atoms with E-state index in [1.54, 1.807) is 11.7 Å². The van der Waals surface area contributed by atoms with Gasteiger partial charge in [-0.15, -0.1) is 0 Å². The fourth-order valence-corrected chi connectivity index (χ4v) is 3.37. The minimum Gasteiger partial charge on any atom is -0.346 e. The molecular formula is C18H14N6O3S. The minimum absolute atomic E-state index is 0.164. The number of carbonyl (C=O) groups is 1. The van der Waals surface area contributed by atoms with Gasteiger partial charge in [-0.2, -0.15) is 13.8 Å². The Hall–Kier alpha value is -3.66. The summed E-state index contributed by atoms with van der Waals surface area (Å²) in [5, 5.41) is 18.5. The van der Waals surface area contributed by atoms with Crippen LogP contribution in [-0.4, -0.2) is 29.4 Å². The highest BCUT2D eigenvalue weighted by Gasteiger charge is 2.20. The largest absolute Gasteiger partial charge is 0.346 e. The average molecular weight is 394 g/mol. The lowest BCUT2D eigenvalue weighted by Gasteiger charge is -2.05. The molecule has 0 spiro atoms. The van der Waals surface area contributed by atoms with Gasteiger partial charge in [-0.25, -0.2) is 0 Å². The number of benzene rings is 2. The van der Waals surface area contributed by atoms with Gasteiger partial charge in [0.25, 0.3) is 11.6 Å². The second kappa shape index (κ2) is 7.16. The number of nitrogens with zero attached hydrogens (tertiary/aromatic N) is 5. The molecule has 4 aromatic rings. The number of fused-ring (bicyclic) bond motifs is 1. The van der Waals surface area contributed by atoms with Crippen LogP contribution in [0.1, 0.15) is 16.1 Å². The van der Waals surface area contributed by atoms with Crippen molar-refractivity contribution in [1.82, 2.24) is 23.8 Å². The van der Waals surface area contributed by atoms with Crippen LogP contribution < -0.4 is 5.32 Å². The van der Waals surface area contributed by atoms with Gasteiger partial charge in [-0.1, -0.05) is 30.3 Å². The fourth-order valence-electron chi connectivity index (χ4n) is 2.84. The molecule has 2 aromatic heterocycles. The van der Waals surface area contributed by atoms with Gasteiger partial charge in [0, 0.05) is 24.2 Å². The summed E-state index contributed by atoms with van der Waals surface area (Å²) in [5.41, 5.74) is 3.03. The molecule has 0 aliphatic heterocycles. The van der Waals surface area contributed by atoms with E-state index in [4.69, 9.17) is 0 Å². The van der Waals surface area contributed by atoms with Gasteiger partial charge in [-0.05, 0) is 12.1 Å². The lowest BCUT2D eigenvalue weighted by Crippen LogP contribution is -2.24. The number of hydrogen-bond donors (Lipinski definition) is 1. The zero-order valence-electron chi connectivity index (χ0n) is 14.7. The average Bonchev–Trinajstić information content (AvgIpc) is 3.32. The molecule has 0 aliphatic rings. The molecular weight excluding hydrogens is 380 g/mol. The molecule has 0 atom stereocenters. The van der Waals surface area contributed by atoms with Gasteiger partial charge in [0.2, 0.25) is 0 Å².